The maximum absolute atomic E-state index is 12.4. The van der Waals surface area contributed by atoms with Gasteiger partial charge < -0.3 is 9.64 Å². The average Bonchev–Trinajstić information content (AvgIpc) is 3.36. The molecule has 0 aliphatic carbocycles. The fourth-order valence-corrected chi connectivity index (χ4v) is 3.64. The minimum Gasteiger partial charge on any atom is -0.464 e. The number of aromatic nitrogens is 1. The first kappa shape index (κ1) is 18.3. The van der Waals surface area contributed by atoms with Gasteiger partial charge >= 0.3 is 5.97 Å². The number of Topliss-reactive ketones (excluding diaryl/α,β-unsaturated/α-hetero) is 1. The van der Waals surface area contributed by atoms with Gasteiger partial charge in [-0.15, -0.1) is 11.3 Å². The number of hydrogen-bond donors (Lipinski definition) is 0. The lowest BCUT2D eigenvalue weighted by Gasteiger charge is -2.22. The molecule has 1 fully saturated rings. The summed E-state index contributed by atoms with van der Waals surface area (Å²) >= 11 is 1.22. The van der Waals surface area contributed by atoms with E-state index < -0.39 is 23.7 Å². The quantitative estimate of drug-likeness (QED) is 0.323. The molecular weight excluding hydrogens is 352 g/mol. The first-order chi connectivity index (χ1) is 12.7. The smallest absolute Gasteiger partial charge is 0.328 e. The zero-order valence-electron chi connectivity index (χ0n) is 14.3. The molecule has 1 atom stereocenters. The summed E-state index contributed by atoms with van der Waals surface area (Å²) in [6.07, 6.45) is 6.18. The average molecular weight is 372 g/mol. The number of carbonyl (C=O) groups is 3. The minimum absolute atomic E-state index is 0.283. The van der Waals surface area contributed by atoms with Crippen molar-refractivity contribution in [1.29, 1.82) is 0 Å². The standard InChI is InChI=1S/C19H20N2O4S/c22-17(16-8-4-12-26-16)18(23)21-10-2-7-15(21)19(24)25-11-3-6-14-5-1-9-20-13-14/h1,4-5,8-9,12-13,15H,2-3,6-7,10-11H2/t15-/m1/s1. The van der Waals surface area contributed by atoms with E-state index in [-0.39, 0.29) is 6.61 Å². The normalized spacial score (nSPS) is 16.5. The van der Waals surface area contributed by atoms with Gasteiger partial charge in [0.25, 0.3) is 11.7 Å². The molecule has 26 heavy (non-hydrogen) atoms. The molecule has 7 heteroatoms. The number of nitrogens with zero attached hydrogens (tertiary/aromatic N) is 2. The molecule has 1 aliphatic heterocycles. The Bertz CT molecular complexity index is 761. The number of esters is 1. The van der Waals surface area contributed by atoms with Crippen LogP contribution in [0.4, 0.5) is 0 Å². The van der Waals surface area contributed by atoms with Gasteiger partial charge in [-0.3, -0.25) is 14.6 Å². The summed E-state index contributed by atoms with van der Waals surface area (Å²) in [5.74, 6) is -1.61. The highest BCUT2D eigenvalue weighted by atomic mass is 32.1. The summed E-state index contributed by atoms with van der Waals surface area (Å²) in [6, 6.07) is 6.52. The van der Waals surface area contributed by atoms with Crippen LogP contribution in [0.2, 0.25) is 0 Å². The number of amides is 1. The second kappa shape index (κ2) is 8.71. The Kier molecular flexibility index (Phi) is 6.12. The monoisotopic (exact) mass is 372 g/mol. The summed E-state index contributed by atoms with van der Waals surface area (Å²) in [4.78, 5) is 42.8. The molecule has 6 nitrogen and oxygen atoms in total. The molecule has 0 unspecified atom stereocenters. The van der Waals surface area contributed by atoms with E-state index in [1.54, 1.807) is 29.9 Å². The van der Waals surface area contributed by atoms with Crippen molar-refractivity contribution >= 4 is 29.0 Å². The largest absolute Gasteiger partial charge is 0.464 e. The van der Waals surface area contributed by atoms with Crippen molar-refractivity contribution in [3.8, 4) is 0 Å². The van der Waals surface area contributed by atoms with Crippen LogP contribution in [0.5, 0.6) is 0 Å². The van der Waals surface area contributed by atoms with Gasteiger partial charge in [0.15, 0.2) is 0 Å². The lowest BCUT2D eigenvalue weighted by Crippen LogP contribution is -2.44. The Balaban J connectivity index is 1.50. The lowest BCUT2D eigenvalue weighted by atomic mass is 10.2. The number of likely N-dealkylation sites (tertiary alicyclic amines) is 1. The third kappa shape index (κ3) is 4.35. The summed E-state index contributed by atoms with van der Waals surface area (Å²) < 4.78 is 5.34. The molecule has 3 rings (SSSR count). The van der Waals surface area contributed by atoms with Gasteiger partial charge in [-0.05, 0) is 48.8 Å². The molecule has 1 amide bonds. The van der Waals surface area contributed by atoms with Crippen LogP contribution in [0.3, 0.4) is 0 Å². The van der Waals surface area contributed by atoms with Gasteiger partial charge in [0.1, 0.15) is 6.04 Å². The lowest BCUT2D eigenvalue weighted by molar-refractivity contribution is -0.152. The van der Waals surface area contributed by atoms with E-state index in [0.29, 0.717) is 30.7 Å². The van der Waals surface area contributed by atoms with Crippen LogP contribution in [-0.2, 0) is 20.7 Å². The Labute approximate surface area is 155 Å². The van der Waals surface area contributed by atoms with Crippen LogP contribution in [0.15, 0.2) is 42.0 Å². The molecule has 1 saturated heterocycles. The molecule has 0 radical (unpaired) electrons. The third-order valence-electron chi connectivity index (χ3n) is 4.30. The van der Waals surface area contributed by atoms with Gasteiger partial charge in [-0.25, -0.2) is 4.79 Å². The first-order valence-corrected chi connectivity index (χ1v) is 9.49. The molecule has 0 saturated carbocycles. The fourth-order valence-electron chi connectivity index (χ4n) is 2.99. The van der Waals surface area contributed by atoms with Crippen molar-refractivity contribution < 1.29 is 19.1 Å². The Morgan fingerprint density at radius 3 is 2.88 bits per heavy atom. The number of aryl methyl sites for hydroxylation is 1. The van der Waals surface area contributed by atoms with Crippen molar-refractivity contribution in [1.82, 2.24) is 9.88 Å². The molecule has 2 aromatic rings. The molecular formula is C19H20N2O4S. The second-order valence-electron chi connectivity index (χ2n) is 6.10. The van der Waals surface area contributed by atoms with Crippen molar-refractivity contribution in [3.63, 3.8) is 0 Å². The first-order valence-electron chi connectivity index (χ1n) is 8.61. The summed E-state index contributed by atoms with van der Waals surface area (Å²) in [6.45, 7) is 0.691. The van der Waals surface area contributed by atoms with E-state index in [9.17, 15) is 14.4 Å². The van der Waals surface area contributed by atoms with Crippen molar-refractivity contribution in [3.05, 3.63) is 52.5 Å². The molecule has 0 N–H and O–H groups in total. The predicted octanol–water partition coefficient (Wildman–Crippen LogP) is 2.49. The van der Waals surface area contributed by atoms with Crippen LogP contribution < -0.4 is 0 Å². The van der Waals surface area contributed by atoms with Crippen molar-refractivity contribution in [2.24, 2.45) is 0 Å². The second-order valence-corrected chi connectivity index (χ2v) is 7.04. The zero-order chi connectivity index (χ0) is 18.4. The predicted molar refractivity (Wildman–Crippen MR) is 96.9 cm³/mol. The topological polar surface area (TPSA) is 76.6 Å². The summed E-state index contributed by atoms with van der Waals surface area (Å²) in [5, 5.41) is 1.75. The van der Waals surface area contributed by atoms with Gasteiger partial charge in [0.2, 0.25) is 0 Å². The highest BCUT2D eigenvalue weighted by Crippen LogP contribution is 2.21. The maximum atomic E-state index is 12.4. The van der Waals surface area contributed by atoms with E-state index in [4.69, 9.17) is 4.74 Å². The number of ether oxygens (including phenoxy) is 1. The van der Waals surface area contributed by atoms with E-state index >= 15 is 0 Å². The molecule has 0 bridgehead atoms. The molecule has 2 aromatic heterocycles. The van der Waals surface area contributed by atoms with E-state index in [1.807, 2.05) is 12.1 Å². The van der Waals surface area contributed by atoms with Gasteiger partial charge in [0, 0.05) is 18.9 Å². The maximum Gasteiger partial charge on any atom is 0.328 e. The van der Waals surface area contributed by atoms with Gasteiger partial charge in [0.05, 0.1) is 11.5 Å². The number of carbonyl (C=O) groups excluding carboxylic acids is 3. The third-order valence-corrected chi connectivity index (χ3v) is 5.17. The Hall–Kier alpha value is -2.54. The number of pyridine rings is 1. The van der Waals surface area contributed by atoms with E-state index in [1.165, 1.54) is 16.2 Å². The van der Waals surface area contributed by atoms with Crippen LogP contribution >= 0.6 is 11.3 Å². The summed E-state index contributed by atoms with van der Waals surface area (Å²) in [5.41, 5.74) is 1.09. The van der Waals surface area contributed by atoms with E-state index in [2.05, 4.69) is 4.98 Å². The molecule has 1 aliphatic rings. The molecule has 136 valence electrons. The zero-order valence-corrected chi connectivity index (χ0v) is 15.1. The summed E-state index contributed by atoms with van der Waals surface area (Å²) in [7, 11) is 0. The SMILES string of the molecule is O=C(C(=O)N1CCC[C@@H]1C(=O)OCCCc1cccnc1)c1cccs1. The van der Waals surface area contributed by atoms with Crippen LogP contribution in [0.1, 0.15) is 34.5 Å². The Morgan fingerprint density at radius 1 is 1.27 bits per heavy atom. The number of rotatable bonds is 7. The highest BCUT2D eigenvalue weighted by molar-refractivity contribution is 7.13. The molecule has 0 aromatic carbocycles. The van der Waals surface area contributed by atoms with Crippen molar-refractivity contribution in [2.45, 2.75) is 31.7 Å². The van der Waals surface area contributed by atoms with Crippen LogP contribution in [0, 0.1) is 0 Å². The highest BCUT2D eigenvalue weighted by Gasteiger charge is 2.38. The fraction of sp³-hybridized carbons (Fsp3) is 0.368. The van der Waals surface area contributed by atoms with Crippen LogP contribution in [-0.4, -0.2) is 46.7 Å². The number of hydrogen-bond acceptors (Lipinski definition) is 6. The number of ketones is 1. The van der Waals surface area contributed by atoms with E-state index in [0.717, 1.165) is 12.0 Å². The minimum atomic E-state index is -0.662. The molecule has 0 spiro atoms. The van der Waals surface area contributed by atoms with Gasteiger partial charge in [-0.1, -0.05) is 12.1 Å². The Morgan fingerprint density at radius 2 is 2.15 bits per heavy atom. The van der Waals surface area contributed by atoms with Crippen LogP contribution in [0.25, 0.3) is 0 Å². The van der Waals surface area contributed by atoms with Crippen molar-refractivity contribution in [2.75, 3.05) is 13.2 Å². The van der Waals surface area contributed by atoms with Gasteiger partial charge in [-0.2, -0.15) is 0 Å². The number of thiophene rings is 1. The molecule has 3 heterocycles.